The van der Waals surface area contributed by atoms with Crippen molar-refractivity contribution in [3.05, 3.63) is 53.7 Å². The first-order chi connectivity index (χ1) is 8.52. The quantitative estimate of drug-likeness (QED) is 0.774. The van der Waals surface area contributed by atoms with Gasteiger partial charge in [0.05, 0.1) is 5.69 Å². The Bertz CT molecular complexity index is 576. The van der Waals surface area contributed by atoms with Crippen LogP contribution in [0.1, 0.15) is 22.8 Å². The molecule has 2 rings (SSSR count). The summed E-state index contributed by atoms with van der Waals surface area (Å²) in [7, 11) is 0. The summed E-state index contributed by atoms with van der Waals surface area (Å²) in [6, 6.07) is 9.13. The van der Waals surface area contributed by atoms with E-state index in [4.69, 9.17) is 0 Å². The van der Waals surface area contributed by atoms with Crippen molar-refractivity contribution in [1.29, 1.82) is 0 Å². The molecular formula is C14H11F2NO. The van der Waals surface area contributed by atoms with Crippen LogP contribution in [-0.4, -0.2) is 11.3 Å². The van der Waals surface area contributed by atoms with Crippen LogP contribution in [-0.2, 0) is 5.92 Å². The van der Waals surface area contributed by atoms with Gasteiger partial charge in [0.15, 0.2) is 6.29 Å². The molecule has 1 heterocycles. The Labute approximate surface area is 103 Å². The third kappa shape index (κ3) is 2.42. The van der Waals surface area contributed by atoms with E-state index in [-0.39, 0.29) is 5.56 Å². The molecule has 0 saturated heterocycles. The Balaban J connectivity index is 2.55. The molecule has 18 heavy (non-hydrogen) atoms. The van der Waals surface area contributed by atoms with E-state index in [1.165, 1.54) is 24.4 Å². The normalized spacial score (nSPS) is 11.3. The number of aldehydes is 1. The van der Waals surface area contributed by atoms with Gasteiger partial charge in [-0.15, -0.1) is 0 Å². The van der Waals surface area contributed by atoms with Crippen LogP contribution in [0.5, 0.6) is 0 Å². The molecule has 0 aliphatic heterocycles. The lowest BCUT2D eigenvalue weighted by Gasteiger charge is -2.12. The summed E-state index contributed by atoms with van der Waals surface area (Å²) in [5, 5.41) is 0. The number of carbonyl (C=O) groups excluding carboxylic acids is 1. The highest BCUT2D eigenvalue weighted by molar-refractivity contribution is 5.85. The minimum Gasteiger partial charge on any atom is -0.298 e. The van der Waals surface area contributed by atoms with Crippen LogP contribution in [0.3, 0.4) is 0 Å². The van der Waals surface area contributed by atoms with E-state index in [9.17, 15) is 13.6 Å². The maximum absolute atomic E-state index is 13.2. The lowest BCUT2D eigenvalue weighted by atomic mass is 10.0. The SMILES string of the molecule is CC(F)(F)c1cccc(-c2ncccc2C=O)c1. The van der Waals surface area contributed by atoms with E-state index in [1.54, 1.807) is 18.2 Å². The summed E-state index contributed by atoms with van der Waals surface area (Å²) in [6.45, 7) is 0.838. The van der Waals surface area contributed by atoms with Gasteiger partial charge in [0.25, 0.3) is 5.92 Å². The van der Waals surface area contributed by atoms with E-state index < -0.39 is 5.92 Å². The predicted octanol–water partition coefficient (Wildman–Crippen LogP) is 3.67. The number of rotatable bonds is 3. The fourth-order valence-electron chi connectivity index (χ4n) is 1.69. The van der Waals surface area contributed by atoms with Crippen LogP contribution in [0.2, 0.25) is 0 Å². The maximum atomic E-state index is 13.2. The summed E-state index contributed by atoms with van der Waals surface area (Å²) < 4.78 is 26.5. The summed E-state index contributed by atoms with van der Waals surface area (Å²) in [4.78, 5) is 15.0. The first-order valence-corrected chi connectivity index (χ1v) is 5.41. The monoisotopic (exact) mass is 247 g/mol. The molecule has 0 atom stereocenters. The molecule has 0 spiro atoms. The van der Waals surface area contributed by atoms with Crippen molar-refractivity contribution in [2.24, 2.45) is 0 Å². The van der Waals surface area contributed by atoms with Crippen LogP contribution < -0.4 is 0 Å². The molecule has 0 unspecified atom stereocenters. The molecule has 2 nitrogen and oxygen atoms in total. The Morgan fingerprint density at radius 2 is 2.00 bits per heavy atom. The lowest BCUT2D eigenvalue weighted by Crippen LogP contribution is -2.06. The number of alkyl halides is 2. The number of halogens is 2. The standard InChI is InChI=1S/C14H11F2NO/c1-14(15,16)12-6-2-4-10(8-12)13-11(9-18)5-3-7-17-13/h2-9H,1H3. The molecule has 0 saturated carbocycles. The Morgan fingerprint density at radius 1 is 1.22 bits per heavy atom. The van der Waals surface area contributed by atoms with Gasteiger partial charge < -0.3 is 0 Å². The zero-order chi connectivity index (χ0) is 13.2. The second kappa shape index (κ2) is 4.64. The van der Waals surface area contributed by atoms with Gasteiger partial charge in [-0.1, -0.05) is 18.2 Å². The van der Waals surface area contributed by atoms with Crippen molar-refractivity contribution < 1.29 is 13.6 Å². The highest BCUT2D eigenvalue weighted by Gasteiger charge is 2.24. The lowest BCUT2D eigenvalue weighted by molar-refractivity contribution is 0.0175. The third-order valence-electron chi connectivity index (χ3n) is 2.61. The number of pyridine rings is 1. The molecule has 0 radical (unpaired) electrons. The van der Waals surface area contributed by atoms with E-state index in [1.807, 2.05) is 0 Å². The smallest absolute Gasteiger partial charge is 0.270 e. The Morgan fingerprint density at radius 3 is 2.67 bits per heavy atom. The van der Waals surface area contributed by atoms with Crippen molar-refractivity contribution in [2.45, 2.75) is 12.8 Å². The van der Waals surface area contributed by atoms with E-state index in [2.05, 4.69) is 4.98 Å². The summed E-state index contributed by atoms with van der Waals surface area (Å²) >= 11 is 0. The molecule has 92 valence electrons. The zero-order valence-electron chi connectivity index (χ0n) is 9.73. The molecule has 0 aliphatic carbocycles. The predicted molar refractivity (Wildman–Crippen MR) is 64.6 cm³/mol. The molecule has 1 aromatic carbocycles. The van der Waals surface area contributed by atoms with Gasteiger partial charge in [0.1, 0.15) is 0 Å². The molecule has 0 fully saturated rings. The highest BCUT2D eigenvalue weighted by Crippen LogP contribution is 2.30. The van der Waals surface area contributed by atoms with E-state index in [0.29, 0.717) is 23.1 Å². The molecule has 0 aliphatic rings. The molecule has 2 aromatic rings. The summed E-state index contributed by atoms with van der Waals surface area (Å²) in [5.41, 5.74) is 1.21. The van der Waals surface area contributed by atoms with Crippen LogP contribution in [0.25, 0.3) is 11.3 Å². The maximum Gasteiger partial charge on any atom is 0.270 e. The topological polar surface area (TPSA) is 30.0 Å². The average molecular weight is 247 g/mol. The minimum atomic E-state index is -2.91. The minimum absolute atomic E-state index is 0.0949. The fourth-order valence-corrected chi connectivity index (χ4v) is 1.69. The number of nitrogens with zero attached hydrogens (tertiary/aromatic N) is 1. The van der Waals surface area contributed by atoms with Crippen LogP contribution >= 0.6 is 0 Å². The first kappa shape index (κ1) is 12.4. The second-order valence-electron chi connectivity index (χ2n) is 4.03. The summed E-state index contributed by atoms with van der Waals surface area (Å²) in [6.07, 6.45) is 2.19. The van der Waals surface area contributed by atoms with Crippen LogP contribution in [0, 0.1) is 0 Å². The molecule has 0 N–H and O–H groups in total. The third-order valence-corrected chi connectivity index (χ3v) is 2.61. The summed E-state index contributed by atoms with van der Waals surface area (Å²) in [5.74, 6) is -2.91. The number of hydrogen-bond donors (Lipinski definition) is 0. The van der Waals surface area contributed by atoms with Gasteiger partial charge in [-0.2, -0.15) is 0 Å². The highest BCUT2D eigenvalue weighted by atomic mass is 19.3. The van der Waals surface area contributed by atoms with Crippen molar-refractivity contribution in [3.63, 3.8) is 0 Å². The van der Waals surface area contributed by atoms with Crippen LogP contribution in [0.4, 0.5) is 8.78 Å². The molecule has 0 bridgehead atoms. The van der Waals surface area contributed by atoms with Crippen molar-refractivity contribution >= 4 is 6.29 Å². The Kier molecular flexibility index (Phi) is 3.19. The zero-order valence-corrected chi connectivity index (χ0v) is 9.73. The largest absolute Gasteiger partial charge is 0.298 e. The van der Waals surface area contributed by atoms with Crippen LogP contribution in [0.15, 0.2) is 42.6 Å². The number of carbonyl (C=O) groups is 1. The fraction of sp³-hybridized carbons (Fsp3) is 0.143. The molecule has 1 aromatic heterocycles. The van der Waals surface area contributed by atoms with Gasteiger partial charge in [-0.05, 0) is 18.2 Å². The van der Waals surface area contributed by atoms with Crippen molar-refractivity contribution in [1.82, 2.24) is 4.98 Å². The van der Waals surface area contributed by atoms with Gasteiger partial charge in [-0.25, -0.2) is 8.78 Å². The average Bonchev–Trinajstić information content (AvgIpc) is 2.38. The van der Waals surface area contributed by atoms with Gasteiger partial charge in [-0.3, -0.25) is 9.78 Å². The second-order valence-corrected chi connectivity index (χ2v) is 4.03. The molecule has 0 amide bonds. The first-order valence-electron chi connectivity index (χ1n) is 5.41. The van der Waals surface area contributed by atoms with E-state index in [0.717, 1.165) is 6.92 Å². The van der Waals surface area contributed by atoms with Gasteiger partial charge in [0.2, 0.25) is 0 Å². The van der Waals surface area contributed by atoms with Crippen molar-refractivity contribution in [2.75, 3.05) is 0 Å². The molecule has 4 heteroatoms. The molecular weight excluding hydrogens is 236 g/mol. The number of aromatic nitrogens is 1. The number of hydrogen-bond acceptors (Lipinski definition) is 2. The van der Waals surface area contributed by atoms with Gasteiger partial charge in [0, 0.05) is 29.8 Å². The van der Waals surface area contributed by atoms with E-state index >= 15 is 0 Å². The Hall–Kier alpha value is -2.10. The van der Waals surface area contributed by atoms with Crippen molar-refractivity contribution in [3.8, 4) is 11.3 Å². The van der Waals surface area contributed by atoms with Gasteiger partial charge >= 0.3 is 0 Å². The number of benzene rings is 1.